The minimum Gasteiger partial charge on any atom is -0.396 e. The summed E-state index contributed by atoms with van der Waals surface area (Å²) in [4.78, 5) is 25.9. The summed E-state index contributed by atoms with van der Waals surface area (Å²) in [5, 5.41) is 19.7. The Morgan fingerprint density at radius 1 is 1.17 bits per heavy atom. The molecule has 2 fully saturated rings. The molecule has 2 saturated carbocycles. The molecule has 2 aliphatic carbocycles. The lowest BCUT2D eigenvalue weighted by atomic mass is 9.94. The summed E-state index contributed by atoms with van der Waals surface area (Å²) in [6.07, 6.45) is 9.07. The first kappa shape index (κ1) is 24.3. The van der Waals surface area contributed by atoms with Crippen molar-refractivity contribution in [3.05, 3.63) is 42.5 Å². The Labute approximate surface area is 209 Å². The molecule has 0 amide bonds. The van der Waals surface area contributed by atoms with Gasteiger partial charge in [0.2, 0.25) is 0 Å². The molecule has 0 aromatic carbocycles. The summed E-state index contributed by atoms with van der Waals surface area (Å²) >= 11 is 0. The quantitative estimate of drug-likeness (QED) is 0.328. The SMILES string of the molecule is CC(C)(CO)CNc1cc(Nc2ccnc(-c3cnn(S(=O)(=O)C4CC4)c3)n2)ncc1C(=O)C1CC1. The number of anilines is 3. The van der Waals surface area contributed by atoms with Crippen molar-refractivity contribution in [3.63, 3.8) is 0 Å². The fourth-order valence-corrected chi connectivity index (χ4v) is 5.08. The predicted octanol–water partition coefficient (Wildman–Crippen LogP) is 2.84. The van der Waals surface area contributed by atoms with Crippen molar-refractivity contribution < 1.29 is 18.3 Å². The van der Waals surface area contributed by atoms with Gasteiger partial charge < -0.3 is 15.7 Å². The molecule has 0 unspecified atom stereocenters. The molecule has 3 N–H and O–H groups in total. The zero-order valence-electron chi connectivity index (χ0n) is 20.2. The molecule has 11 nitrogen and oxygen atoms in total. The van der Waals surface area contributed by atoms with E-state index in [1.807, 2.05) is 13.8 Å². The Hall–Kier alpha value is -3.38. The van der Waals surface area contributed by atoms with E-state index >= 15 is 0 Å². The zero-order valence-corrected chi connectivity index (χ0v) is 21.0. The van der Waals surface area contributed by atoms with Crippen LogP contribution in [-0.4, -0.2) is 61.8 Å². The lowest BCUT2D eigenvalue weighted by molar-refractivity contribution is 0.0968. The Bertz CT molecular complexity index is 1390. The van der Waals surface area contributed by atoms with E-state index in [4.69, 9.17) is 0 Å². The average Bonchev–Trinajstić information content (AvgIpc) is 3.80. The lowest BCUT2D eigenvalue weighted by Gasteiger charge is -2.23. The normalized spacial score (nSPS) is 16.1. The van der Waals surface area contributed by atoms with Gasteiger partial charge in [-0.05, 0) is 31.7 Å². The van der Waals surface area contributed by atoms with Crippen LogP contribution in [-0.2, 0) is 10.0 Å². The number of rotatable bonds is 11. The lowest BCUT2D eigenvalue weighted by Crippen LogP contribution is -2.27. The van der Waals surface area contributed by atoms with Crippen LogP contribution < -0.4 is 10.6 Å². The maximum Gasteiger partial charge on any atom is 0.256 e. The van der Waals surface area contributed by atoms with Crippen LogP contribution in [0.4, 0.5) is 17.3 Å². The molecule has 0 saturated heterocycles. The van der Waals surface area contributed by atoms with Crippen molar-refractivity contribution in [1.29, 1.82) is 0 Å². The molecule has 2 aliphatic rings. The van der Waals surface area contributed by atoms with E-state index in [1.54, 1.807) is 24.5 Å². The van der Waals surface area contributed by atoms with E-state index in [1.165, 1.54) is 12.4 Å². The summed E-state index contributed by atoms with van der Waals surface area (Å²) < 4.78 is 25.9. The third-order valence-corrected chi connectivity index (χ3v) is 8.27. The van der Waals surface area contributed by atoms with Crippen LogP contribution in [0.1, 0.15) is 49.9 Å². The smallest absolute Gasteiger partial charge is 0.256 e. The zero-order chi connectivity index (χ0) is 25.5. The molecular formula is C24H29N7O4S. The van der Waals surface area contributed by atoms with Crippen molar-refractivity contribution in [1.82, 2.24) is 24.1 Å². The van der Waals surface area contributed by atoms with Gasteiger partial charge in [-0.1, -0.05) is 13.8 Å². The number of nitrogens with one attached hydrogen (secondary N) is 2. The first-order chi connectivity index (χ1) is 17.2. The van der Waals surface area contributed by atoms with Crippen LogP contribution in [0.5, 0.6) is 0 Å². The van der Waals surface area contributed by atoms with E-state index in [9.17, 15) is 18.3 Å². The van der Waals surface area contributed by atoms with Crippen LogP contribution in [0.25, 0.3) is 11.4 Å². The highest BCUT2D eigenvalue weighted by Crippen LogP contribution is 2.35. The van der Waals surface area contributed by atoms with Crippen molar-refractivity contribution in [2.24, 2.45) is 11.3 Å². The van der Waals surface area contributed by atoms with Crippen molar-refractivity contribution in [3.8, 4) is 11.4 Å². The van der Waals surface area contributed by atoms with E-state index in [2.05, 4.69) is 30.7 Å². The van der Waals surface area contributed by atoms with Crippen LogP contribution in [0.3, 0.4) is 0 Å². The highest BCUT2D eigenvalue weighted by Gasteiger charge is 2.37. The Balaban J connectivity index is 1.37. The van der Waals surface area contributed by atoms with E-state index in [0.29, 0.717) is 53.7 Å². The van der Waals surface area contributed by atoms with Crippen molar-refractivity contribution in [2.45, 2.75) is 44.8 Å². The molecule has 0 bridgehead atoms. The van der Waals surface area contributed by atoms with Gasteiger partial charge in [-0.2, -0.15) is 9.19 Å². The number of ketones is 1. The number of carbonyl (C=O) groups is 1. The van der Waals surface area contributed by atoms with Gasteiger partial charge in [-0.15, -0.1) is 0 Å². The van der Waals surface area contributed by atoms with Crippen LogP contribution in [0.2, 0.25) is 0 Å². The number of carbonyl (C=O) groups excluding carboxylic acids is 1. The number of Topliss-reactive ketones (excluding diaryl/α,β-unsaturated/α-hetero) is 1. The van der Waals surface area contributed by atoms with E-state index in [0.717, 1.165) is 16.9 Å². The molecule has 0 aliphatic heterocycles. The van der Waals surface area contributed by atoms with Crippen molar-refractivity contribution in [2.75, 3.05) is 23.8 Å². The van der Waals surface area contributed by atoms with E-state index < -0.39 is 10.0 Å². The first-order valence-corrected chi connectivity index (χ1v) is 13.5. The number of hydrogen-bond acceptors (Lipinski definition) is 10. The molecular weight excluding hydrogens is 482 g/mol. The highest BCUT2D eigenvalue weighted by atomic mass is 32.2. The van der Waals surface area contributed by atoms with Gasteiger partial charge in [-0.3, -0.25) is 4.79 Å². The number of hydrogen-bond donors (Lipinski definition) is 3. The van der Waals surface area contributed by atoms with Gasteiger partial charge in [0.1, 0.15) is 11.6 Å². The van der Waals surface area contributed by atoms with Crippen LogP contribution in [0.15, 0.2) is 36.9 Å². The average molecular weight is 512 g/mol. The van der Waals surface area contributed by atoms with Gasteiger partial charge in [0.25, 0.3) is 10.0 Å². The van der Waals surface area contributed by atoms with E-state index in [-0.39, 0.29) is 29.0 Å². The summed E-state index contributed by atoms with van der Waals surface area (Å²) in [6.45, 7) is 4.35. The second-order valence-electron chi connectivity index (χ2n) is 10.2. The maximum atomic E-state index is 12.8. The number of aliphatic hydroxyl groups is 1. The second kappa shape index (κ2) is 9.25. The van der Waals surface area contributed by atoms with Gasteiger partial charge in [0.05, 0.1) is 34.5 Å². The number of aromatic nitrogens is 5. The number of nitrogens with zero attached hydrogens (tertiary/aromatic N) is 5. The Morgan fingerprint density at radius 2 is 1.94 bits per heavy atom. The largest absolute Gasteiger partial charge is 0.396 e. The third-order valence-electron chi connectivity index (χ3n) is 6.24. The molecule has 0 atom stereocenters. The van der Waals surface area contributed by atoms with Crippen LogP contribution in [0, 0.1) is 11.3 Å². The molecule has 3 aromatic rings. The standard InChI is InChI=1S/C24H29N7O4S/c1-24(2,14-32)13-27-19-9-21(26-11-18(19)22(33)15-3-4-15)29-20-7-8-25-23(30-20)16-10-28-31(12-16)36(34,35)17-5-6-17/h7-12,15,17,32H,3-6,13-14H2,1-2H3,(H2,25,26,27,29,30). The predicted molar refractivity (Wildman–Crippen MR) is 135 cm³/mol. The Morgan fingerprint density at radius 3 is 2.64 bits per heavy atom. The summed E-state index contributed by atoms with van der Waals surface area (Å²) in [6, 6.07) is 3.42. The van der Waals surface area contributed by atoms with Gasteiger partial charge in [0.15, 0.2) is 11.6 Å². The van der Waals surface area contributed by atoms with Crippen molar-refractivity contribution >= 4 is 33.1 Å². The van der Waals surface area contributed by atoms with Crippen LogP contribution >= 0.6 is 0 Å². The maximum absolute atomic E-state index is 12.8. The topological polar surface area (TPSA) is 152 Å². The monoisotopic (exact) mass is 511 g/mol. The fourth-order valence-electron chi connectivity index (χ4n) is 3.60. The van der Waals surface area contributed by atoms with Gasteiger partial charge in [0, 0.05) is 42.9 Å². The molecule has 0 spiro atoms. The summed E-state index contributed by atoms with van der Waals surface area (Å²) in [5.74, 6) is 1.37. The van der Waals surface area contributed by atoms with Gasteiger partial charge >= 0.3 is 0 Å². The fraction of sp³-hybridized carbons (Fsp3) is 0.458. The third kappa shape index (κ3) is 5.24. The second-order valence-corrected chi connectivity index (χ2v) is 12.2. The molecule has 36 heavy (non-hydrogen) atoms. The molecule has 190 valence electrons. The highest BCUT2D eigenvalue weighted by molar-refractivity contribution is 7.90. The summed E-state index contributed by atoms with van der Waals surface area (Å²) in [7, 11) is -3.47. The molecule has 12 heteroatoms. The minimum atomic E-state index is -3.47. The molecule has 3 aromatic heterocycles. The Kier molecular flexibility index (Phi) is 6.25. The molecule has 0 radical (unpaired) electrons. The summed E-state index contributed by atoms with van der Waals surface area (Å²) in [5.41, 5.74) is 1.29. The minimum absolute atomic E-state index is 0.00431. The van der Waals surface area contributed by atoms with Gasteiger partial charge in [-0.25, -0.2) is 23.4 Å². The molecule has 5 rings (SSSR count). The first-order valence-electron chi connectivity index (χ1n) is 11.9. The number of pyridine rings is 1. The number of aliphatic hydroxyl groups excluding tert-OH is 1. The molecule has 3 heterocycles.